The molecule has 0 aliphatic heterocycles. The summed E-state index contributed by atoms with van der Waals surface area (Å²) >= 11 is 0. The van der Waals surface area contributed by atoms with Gasteiger partial charge in [0.25, 0.3) is 0 Å². The third-order valence-corrected chi connectivity index (χ3v) is 5.80. The Morgan fingerprint density at radius 2 is 1.74 bits per heavy atom. The maximum atomic E-state index is 12.7. The Morgan fingerprint density at radius 3 is 2.35 bits per heavy atom. The first kappa shape index (κ1) is 23.0. The summed E-state index contributed by atoms with van der Waals surface area (Å²) < 4.78 is 5.56. The lowest BCUT2D eigenvalue weighted by molar-refractivity contribution is -0.137. The minimum atomic E-state index is -0.931. The quantitative estimate of drug-likeness (QED) is 0.343. The Labute approximate surface area is 196 Å². The van der Waals surface area contributed by atoms with Crippen LogP contribution in [0.5, 0.6) is 0 Å². The number of hydrogen-bond donors (Lipinski definition) is 4. The lowest BCUT2D eigenvalue weighted by Gasteiger charge is -2.19. The van der Waals surface area contributed by atoms with Crippen molar-refractivity contribution in [2.24, 2.45) is 0 Å². The number of alkyl carbamates (subject to hydrolysis) is 1. The molecule has 0 fully saturated rings. The predicted octanol–water partition coefficient (Wildman–Crippen LogP) is 2.84. The number of amides is 2. The van der Waals surface area contributed by atoms with E-state index in [2.05, 4.69) is 32.7 Å². The fraction of sp³-hybridized carbons (Fsp3) is 0.280. The van der Waals surface area contributed by atoms with Crippen molar-refractivity contribution in [1.82, 2.24) is 20.6 Å². The van der Waals surface area contributed by atoms with Crippen molar-refractivity contribution in [3.8, 4) is 11.1 Å². The maximum absolute atomic E-state index is 12.7. The molecule has 0 saturated heterocycles. The number of ether oxygens (including phenoxy) is 1. The molecule has 176 valence electrons. The van der Waals surface area contributed by atoms with Crippen molar-refractivity contribution < 1.29 is 24.2 Å². The zero-order chi connectivity index (χ0) is 23.9. The van der Waals surface area contributed by atoms with Gasteiger partial charge < -0.3 is 25.5 Å². The second-order valence-electron chi connectivity index (χ2n) is 8.09. The molecule has 4 N–H and O–H groups in total. The summed E-state index contributed by atoms with van der Waals surface area (Å²) in [5.74, 6) is -1.44. The van der Waals surface area contributed by atoms with E-state index in [1.807, 2.05) is 36.4 Å². The molecule has 1 atom stereocenters. The molecule has 0 radical (unpaired) electrons. The third kappa shape index (κ3) is 5.43. The van der Waals surface area contributed by atoms with Gasteiger partial charge in [-0.1, -0.05) is 48.5 Å². The molecule has 0 spiro atoms. The minimum Gasteiger partial charge on any atom is -0.481 e. The molecule has 1 aromatic heterocycles. The highest BCUT2D eigenvalue weighted by atomic mass is 16.5. The Morgan fingerprint density at radius 1 is 1.06 bits per heavy atom. The van der Waals surface area contributed by atoms with E-state index < -0.39 is 24.0 Å². The van der Waals surface area contributed by atoms with Crippen LogP contribution in [0.25, 0.3) is 11.1 Å². The number of aromatic amines is 1. The SMILES string of the molecule is O=C(O)CCCNC(=O)[C@H](Cc1cnc[nH]1)NC(=O)OCC1c2ccccc2-c2ccccc21. The van der Waals surface area contributed by atoms with Crippen LogP contribution >= 0.6 is 0 Å². The zero-order valence-corrected chi connectivity index (χ0v) is 18.5. The van der Waals surface area contributed by atoms with Crippen LogP contribution in [0.2, 0.25) is 0 Å². The fourth-order valence-corrected chi connectivity index (χ4v) is 4.18. The number of carboxylic acid groups (broad SMARTS) is 1. The first-order valence-electron chi connectivity index (χ1n) is 11.1. The molecule has 3 aromatic rings. The normalized spacial score (nSPS) is 12.9. The van der Waals surface area contributed by atoms with Crippen molar-refractivity contribution in [2.75, 3.05) is 13.2 Å². The number of rotatable bonds is 10. The number of carboxylic acids is 1. The van der Waals surface area contributed by atoms with E-state index in [0.717, 1.165) is 22.3 Å². The molecule has 0 unspecified atom stereocenters. The molecule has 34 heavy (non-hydrogen) atoms. The van der Waals surface area contributed by atoms with E-state index in [9.17, 15) is 14.4 Å². The maximum Gasteiger partial charge on any atom is 0.407 e. The van der Waals surface area contributed by atoms with Crippen LogP contribution in [-0.2, 0) is 20.7 Å². The van der Waals surface area contributed by atoms with Crippen molar-refractivity contribution in [1.29, 1.82) is 0 Å². The number of carbonyl (C=O) groups excluding carboxylic acids is 2. The standard InChI is InChI=1S/C25H26N4O5/c30-23(31)10-5-11-27-24(32)22(12-16-13-26-15-28-16)29-25(33)34-14-21-19-8-3-1-6-17(19)18-7-2-4-9-20(18)21/h1-4,6-9,13,15,21-22H,5,10-12,14H2,(H,26,28)(H,27,32)(H,29,33)(H,30,31)/t22-/m0/s1. The van der Waals surface area contributed by atoms with Crippen LogP contribution in [0.1, 0.15) is 35.6 Å². The molecular weight excluding hydrogens is 436 g/mol. The van der Waals surface area contributed by atoms with Gasteiger partial charge in [0.1, 0.15) is 12.6 Å². The molecule has 9 heteroatoms. The highest BCUT2D eigenvalue weighted by molar-refractivity contribution is 5.86. The summed E-state index contributed by atoms with van der Waals surface area (Å²) in [7, 11) is 0. The van der Waals surface area contributed by atoms with Gasteiger partial charge in [-0.25, -0.2) is 9.78 Å². The molecule has 2 aromatic carbocycles. The lowest BCUT2D eigenvalue weighted by Crippen LogP contribution is -2.48. The summed E-state index contributed by atoms with van der Waals surface area (Å²) in [6.45, 7) is 0.327. The van der Waals surface area contributed by atoms with E-state index in [-0.39, 0.29) is 31.9 Å². The molecule has 2 amide bonds. The molecule has 1 aliphatic carbocycles. The summed E-state index contributed by atoms with van der Waals surface area (Å²) in [5.41, 5.74) is 5.13. The Kier molecular flexibility index (Phi) is 7.22. The fourth-order valence-electron chi connectivity index (χ4n) is 4.18. The number of benzene rings is 2. The van der Waals surface area contributed by atoms with Gasteiger partial charge in [-0.2, -0.15) is 0 Å². The summed E-state index contributed by atoms with van der Waals surface area (Å²) in [6.07, 6.45) is 2.80. The Bertz CT molecular complexity index is 1120. The first-order valence-corrected chi connectivity index (χ1v) is 11.1. The van der Waals surface area contributed by atoms with Crippen LogP contribution in [0.15, 0.2) is 61.1 Å². The number of aliphatic carboxylic acids is 1. The summed E-state index contributed by atoms with van der Waals surface area (Å²) in [5, 5.41) is 14.1. The van der Waals surface area contributed by atoms with Crippen LogP contribution in [-0.4, -0.2) is 52.2 Å². The molecule has 0 bridgehead atoms. The van der Waals surface area contributed by atoms with Gasteiger partial charge in [0, 0.05) is 37.2 Å². The van der Waals surface area contributed by atoms with Crippen LogP contribution in [0.4, 0.5) is 4.79 Å². The van der Waals surface area contributed by atoms with Crippen molar-refractivity contribution >= 4 is 18.0 Å². The monoisotopic (exact) mass is 462 g/mol. The zero-order valence-electron chi connectivity index (χ0n) is 18.5. The number of nitrogens with zero attached hydrogens (tertiary/aromatic N) is 1. The van der Waals surface area contributed by atoms with E-state index in [0.29, 0.717) is 12.1 Å². The van der Waals surface area contributed by atoms with E-state index >= 15 is 0 Å². The number of fused-ring (bicyclic) bond motifs is 3. The number of carbonyl (C=O) groups is 3. The molecular formula is C25H26N4O5. The number of imidazole rings is 1. The third-order valence-electron chi connectivity index (χ3n) is 5.80. The number of aromatic nitrogens is 2. The van der Waals surface area contributed by atoms with Gasteiger partial charge in [0.2, 0.25) is 5.91 Å². The van der Waals surface area contributed by atoms with Crippen LogP contribution in [0.3, 0.4) is 0 Å². The second kappa shape index (κ2) is 10.7. The van der Waals surface area contributed by atoms with Crippen molar-refractivity contribution in [2.45, 2.75) is 31.2 Å². The molecule has 0 saturated carbocycles. The summed E-state index contributed by atoms with van der Waals surface area (Å²) in [6, 6.07) is 15.2. The van der Waals surface area contributed by atoms with Gasteiger partial charge in [-0.3, -0.25) is 9.59 Å². The van der Waals surface area contributed by atoms with E-state index in [1.165, 1.54) is 6.33 Å². The average molecular weight is 463 g/mol. The average Bonchev–Trinajstić information content (AvgIpc) is 3.46. The van der Waals surface area contributed by atoms with Crippen molar-refractivity contribution in [3.63, 3.8) is 0 Å². The highest BCUT2D eigenvalue weighted by Gasteiger charge is 2.30. The van der Waals surface area contributed by atoms with Crippen LogP contribution in [0, 0.1) is 0 Å². The number of nitrogens with one attached hydrogen (secondary N) is 3. The number of hydrogen-bond acceptors (Lipinski definition) is 5. The lowest BCUT2D eigenvalue weighted by atomic mass is 9.98. The smallest absolute Gasteiger partial charge is 0.407 e. The first-order chi connectivity index (χ1) is 16.5. The Hall–Kier alpha value is -4.14. The summed E-state index contributed by atoms with van der Waals surface area (Å²) in [4.78, 5) is 42.9. The topological polar surface area (TPSA) is 133 Å². The van der Waals surface area contributed by atoms with Crippen LogP contribution < -0.4 is 10.6 Å². The minimum absolute atomic E-state index is 0.0503. The van der Waals surface area contributed by atoms with Gasteiger partial charge in [-0.15, -0.1) is 0 Å². The molecule has 4 rings (SSSR count). The van der Waals surface area contributed by atoms with E-state index in [1.54, 1.807) is 6.20 Å². The molecule has 1 aliphatic rings. The molecule has 9 nitrogen and oxygen atoms in total. The second-order valence-corrected chi connectivity index (χ2v) is 8.09. The van der Waals surface area contributed by atoms with Gasteiger partial charge in [0.15, 0.2) is 0 Å². The largest absolute Gasteiger partial charge is 0.481 e. The van der Waals surface area contributed by atoms with E-state index in [4.69, 9.17) is 9.84 Å². The predicted molar refractivity (Wildman–Crippen MR) is 124 cm³/mol. The van der Waals surface area contributed by atoms with Gasteiger partial charge in [-0.05, 0) is 28.7 Å². The molecule has 1 heterocycles. The van der Waals surface area contributed by atoms with Crippen molar-refractivity contribution in [3.05, 3.63) is 77.9 Å². The number of H-pyrrole nitrogens is 1. The Balaban J connectivity index is 1.39. The van der Waals surface area contributed by atoms with Gasteiger partial charge >= 0.3 is 12.1 Å². The highest BCUT2D eigenvalue weighted by Crippen LogP contribution is 2.44. The van der Waals surface area contributed by atoms with Gasteiger partial charge in [0.05, 0.1) is 6.33 Å².